The normalized spacial score (nSPS) is 15.5. The third-order valence-electron chi connectivity index (χ3n) is 5.52. The lowest BCUT2D eigenvalue weighted by molar-refractivity contribution is -0.139. The monoisotopic (exact) mass is 514 g/mol. The van der Waals surface area contributed by atoms with Gasteiger partial charge in [-0.1, -0.05) is 29.0 Å². The van der Waals surface area contributed by atoms with E-state index in [4.69, 9.17) is 25.8 Å². The summed E-state index contributed by atoms with van der Waals surface area (Å²) in [5.74, 6) is 0.391. The molecule has 2 aromatic carbocycles. The van der Waals surface area contributed by atoms with E-state index in [0.29, 0.717) is 42.7 Å². The Hall–Kier alpha value is -3.56. The molecule has 0 bridgehead atoms. The lowest BCUT2D eigenvalue weighted by Crippen LogP contribution is -2.40. The molecule has 0 saturated carbocycles. The summed E-state index contributed by atoms with van der Waals surface area (Å²) in [6, 6.07) is 8.98. The molecule has 182 valence electrons. The van der Waals surface area contributed by atoms with Crippen molar-refractivity contribution in [1.29, 1.82) is 0 Å². The topological polar surface area (TPSA) is 99.4 Å². The van der Waals surface area contributed by atoms with Crippen molar-refractivity contribution in [3.05, 3.63) is 83.5 Å². The summed E-state index contributed by atoms with van der Waals surface area (Å²) in [7, 11) is 3.04. The van der Waals surface area contributed by atoms with Crippen LogP contribution >= 0.6 is 22.9 Å². The van der Waals surface area contributed by atoms with Gasteiger partial charge in [-0.15, -0.1) is 0 Å². The van der Waals surface area contributed by atoms with E-state index < -0.39 is 12.0 Å². The zero-order valence-corrected chi connectivity index (χ0v) is 21.1. The molecule has 0 amide bonds. The molecule has 0 spiro atoms. The molecule has 1 atom stereocenters. The highest BCUT2D eigenvalue weighted by molar-refractivity contribution is 7.07. The fourth-order valence-electron chi connectivity index (χ4n) is 3.91. The maximum absolute atomic E-state index is 13.6. The SMILES string of the molecule is CCOC(=O)C1=C(C)N=c2s/c(=C/c3cc(Cl)ccc3O)c(=O)n2[C@H]1c1ccc(OC)c(OC)c1. The Morgan fingerprint density at radius 1 is 1.20 bits per heavy atom. The lowest BCUT2D eigenvalue weighted by Gasteiger charge is -2.25. The largest absolute Gasteiger partial charge is 0.507 e. The van der Waals surface area contributed by atoms with Crippen LogP contribution in [0.25, 0.3) is 6.08 Å². The molecule has 0 saturated heterocycles. The first-order chi connectivity index (χ1) is 16.8. The number of hydrogen-bond donors (Lipinski definition) is 1. The molecule has 3 aromatic rings. The molecule has 1 aromatic heterocycles. The summed E-state index contributed by atoms with van der Waals surface area (Å²) in [6.07, 6.45) is 1.56. The zero-order valence-electron chi connectivity index (χ0n) is 19.5. The number of ether oxygens (including phenoxy) is 3. The average Bonchev–Trinajstić information content (AvgIpc) is 3.14. The Morgan fingerprint density at radius 3 is 2.63 bits per heavy atom. The molecule has 0 aliphatic carbocycles. The smallest absolute Gasteiger partial charge is 0.338 e. The van der Waals surface area contributed by atoms with Crippen molar-refractivity contribution in [2.75, 3.05) is 20.8 Å². The van der Waals surface area contributed by atoms with E-state index in [9.17, 15) is 14.7 Å². The predicted molar refractivity (Wildman–Crippen MR) is 133 cm³/mol. The highest BCUT2D eigenvalue weighted by atomic mass is 35.5. The van der Waals surface area contributed by atoms with Crippen molar-refractivity contribution in [3.8, 4) is 17.2 Å². The average molecular weight is 515 g/mol. The van der Waals surface area contributed by atoms with Gasteiger partial charge in [0.15, 0.2) is 16.3 Å². The van der Waals surface area contributed by atoms with E-state index in [-0.39, 0.29) is 23.5 Å². The molecule has 35 heavy (non-hydrogen) atoms. The second-order valence-electron chi connectivity index (χ2n) is 7.62. The van der Waals surface area contributed by atoms with E-state index in [1.165, 1.54) is 24.9 Å². The van der Waals surface area contributed by atoms with Crippen LogP contribution in [0.2, 0.25) is 5.02 Å². The molecular weight excluding hydrogens is 492 g/mol. The number of benzene rings is 2. The highest BCUT2D eigenvalue weighted by Gasteiger charge is 2.34. The minimum atomic E-state index is -0.805. The summed E-state index contributed by atoms with van der Waals surface area (Å²) < 4.78 is 17.9. The van der Waals surface area contributed by atoms with Gasteiger partial charge in [-0.05, 0) is 55.8 Å². The number of aromatic nitrogens is 1. The summed E-state index contributed by atoms with van der Waals surface area (Å²) in [5.41, 5.74) is 1.34. The molecule has 8 nitrogen and oxygen atoms in total. The number of esters is 1. The molecule has 0 unspecified atom stereocenters. The van der Waals surface area contributed by atoms with Gasteiger partial charge in [0, 0.05) is 10.6 Å². The number of nitrogens with zero attached hydrogens (tertiary/aromatic N) is 2. The number of hydrogen-bond acceptors (Lipinski definition) is 8. The number of aromatic hydroxyl groups is 1. The van der Waals surface area contributed by atoms with Gasteiger partial charge < -0.3 is 19.3 Å². The number of carbonyl (C=O) groups is 1. The van der Waals surface area contributed by atoms with Crippen LogP contribution in [0.15, 0.2) is 57.5 Å². The number of carbonyl (C=O) groups excluding carboxylic acids is 1. The van der Waals surface area contributed by atoms with Crippen LogP contribution < -0.4 is 24.4 Å². The molecule has 0 radical (unpaired) electrons. The molecule has 10 heteroatoms. The van der Waals surface area contributed by atoms with Gasteiger partial charge in [-0.3, -0.25) is 9.36 Å². The van der Waals surface area contributed by atoms with Gasteiger partial charge in [0.05, 0.1) is 42.7 Å². The van der Waals surface area contributed by atoms with Crippen LogP contribution in [-0.2, 0) is 9.53 Å². The van der Waals surface area contributed by atoms with Gasteiger partial charge in [0.2, 0.25) is 0 Å². The number of phenolic OH excluding ortho intramolecular Hbond substituents is 1. The quantitative estimate of drug-likeness (QED) is 0.507. The molecule has 1 N–H and O–H groups in total. The van der Waals surface area contributed by atoms with Crippen LogP contribution in [0.3, 0.4) is 0 Å². The Morgan fingerprint density at radius 2 is 1.94 bits per heavy atom. The third kappa shape index (κ3) is 4.56. The Kier molecular flexibility index (Phi) is 7.00. The number of rotatable bonds is 6. The number of allylic oxidation sites excluding steroid dienone is 1. The number of fused-ring (bicyclic) bond motifs is 1. The molecule has 1 aliphatic heterocycles. The fraction of sp³-hybridized carbons (Fsp3) is 0.240. The molecule has 4 rings (SSSR count). The standard InChI is InChI=1S/C25H23ClN2O6S/c1-5-34-24(31)21-13(2)27-25-28(22(21)14-6-9-18(32-3)19(11-14)33-4)23(30)20(35-25)12-15-10-16(26)7-8-17(15)29/h6-12,22,29H,5H2,1-4H3/b20-12+/t22-/m0/s1. The second-order valence-corrected chi connectivity index (χ2v) is 9.07. The van der Waals surface area contributed by atoms with Crippen LogP contribution in [0.5, 0.6) is 17.2 Å². The molecule has 1 aliphatic rings. The van der Waals surface area contributed by atoms with Crippen molar-refractivity contribution in [3.63, 3.8) is 0 Å². The molecule has 2 heterocycles. The maximum atomic E-state index is 13.6. The Bertz CT molecular complexity index is 1520. The van der Waals surface area contributed by atoms with E-state index in [1.54, 1.807) is 50.3 Å². The van der Waals surface area contributed by atoms with Crippen molar-refractivity contribution >= 4 is 35.0 Å². The zero-order chi connectivity index (χ0) is 25.3. The van der Waals surface area contributed by atoms with E-state index in [1.807, 2.05) is 0 Å². The van der Waals surface area contributed by atoms with Crippen LogP contribution in [0.4, 0.5) is 0 Å². The minimum Gasteiger partial charge on any atom is -0.507 e. The highest BCUT2D eigenvalue weighted by Crippen LogP contribution is 2.36. The predicted octanol–water partition coefficient (Wildman–Crippen LogP) is 3.17. The molecular formula is C25H23ClN2O6S. The van der Waals surface area contributed by atoms with Crippen LogP contribution in [0.1, 0.15) is 31.0 Å². The third-order valence-corrected chi connectivity index (χ3v) is 6.73. The first-order valence-corrected chi connectivity index (χ1v) is 11.9. The van der Waals surface area contributed by atoms with Crippen molar-refractivity contribution in [1.82, 2.24) is 4.57 Å². The fourth-order valence-corrected chi connectivity index (χ4v) is 5.13. The van der Waals surface area contributed by atoms with Crippen molar-refractivity contribution in [2.24, 2.45) is 4.99 Å². The summed E-state index contributed by atoms with van der Waals surface area (Å²) >= 11 is 7.22. The number of thiazole rings is 1. The summed E-state index contributed by atoms with van der Waals surface area (Å²) in [4.78, 5) is 31.6. The summed E-state index contributed by atoms with van der Waals surface area (Å²) in [6.45, 7) is 3.60. The maximum Gasteiger partial charge on any atom is 0.338 e. The van der Waals surface area contributed by atoms with E-state index in [0.717, 1.165) is 11.3 Å². The van der Waals surface area contributed by atoms with E-state index in [2.05, 4.69) is 4.99 Å². The lowest BCUT2D eigenvalue weighted by atomic mass is 9.95. The van der Waals surface area contributed by atoms with Crippen molar-refractivity contribution in [2.45, 2.75) is 19.9 Å². The minimum absolute atomic E-state index is 0.0138. The van der Waals surface area contributed by atoms with E-state index >= 15 is 0 Å². The number of halogens is 1. The Labute approximate surface area is 210 Å². The van der Waals surface area contributed by atoms with Crippen LogP contribution in [-0.4, -0.2) is 36.5 Å². The van der Waals surface area contributed by atoms with Gasteiger partial charge in [-0.25, -0.2) is 9.79 Å². The van der Waals surface area contributed by atoms with Gasteiger partial charge in [0.25, 0.3) is 5.56 Å². The van der Waals surface area contributed by atoms with Crippen molar-refractivity contribution < 1.29 is 24.1 Å². The number of methoxy groups -OCH3 is 2. The first-order valence-electron chi connectivity index (χ1n) is 10.7. The van der Waals surface area contributed by atoms with Gasteiger partial charge in [0.1, 0.15) is 5.75 Å². The Balaban J connectivity index is 1.99. The van der Waals surface area contributed by atoms with Gasteiger partial charge >= 0.3 is 5.97 Å². The summed E-state index contributed by atoms with van der Waals surface area (Å²) in [5, 5.41) is 10.7. The molecule has 0 fully saturated rings. The number of phenols is 1. The first kappa shape index (κ1) is 24.6. The van der Waals surface area contributed by atoms with Gasteiger partial charge in [-0.2, -0.15) is 0 Å². The second kappa shape index (κ2) is 9.97. The van der Waals surface area contributed by atoms with Crippen LogP contribution in [0, 0.1) is 0 Å².